The van der Waals surface area contributed by atoms with Crippen molar-refractivity contribution in [3.8, 4) is 11.4 Å². The number of rotatable bonds is 4. The van der Waals surface area contributed by atoms with Crippen LogP contribution in [0.4, 0.5) is 5.95 Å². The monoisotopic (exact) mass is 340 g/mol. The van der Waals surface area contributed by atoms with Gasteiger partial charge in [-0.3, -0.25) is 0 Å². The molecule has 0 saturated heterocycles. The van der Waals surface area contributed by atoms with Crippen LogP contribution < -0.4 is 5.32 Å². The zero-order valence-corrected chi connectivity index (χ0v) is 14.8. The van der Waals surface area contributed by atoms with Crippen LogP contribution >= 0.6 is 0 Å². The number of fused-ring (bicyclic) bond motifs is 3. The minimum Gasteiger partial charge on any atom is -0.458 e. The predicted octanol–water partition coefficient (Wildman–Crippen LogP) is 3.42. The fraction of sp³-hybridized carbons (Fsp3) is 0.526. The highest BCUT2D eigenvalue weighted by atomic mass is 16.5. The second-order valence-electron chi connectivity index (χ2n) is 7.15. The molecule has 0 bridgehead atoms. The van der Waals surface area contributed by atoms with Crippen LogP contribution in [0.5, 0.6) is 0 Å². The van der Waals surface area contributed by atoms with Gasteiger partial charge in [0.1, 0.15) is 5.69 Å². The summed E-state index contributed by atoms with van der Waals surface area (Å²) in [6.45, 7) is 4.47. The van der Waals surface area contributed by atoms with Gasteiger partial charge in [-0.15, -0.1) is 0 Å². The molecule has 1 fully saturated rings. The molecule has 0 spiro atoms. The zero-order chi connectivity index (χ0) is 17.4. The molecule has 3 heterocycles. The lowest BCUT2D eigenvalue weighted by Gasteiger charge is -2.21. The van der Waals surface area contributed by atoms with Crippen LogP contribution in [-0.4, -0.2) is 32.7 Å². The van der Waals surface area contributed by atoms with E-state index < -0.39 is 0 Å². The van der Waals surface area contributed by atoms with Crippen LogP contribution in [-0.2, 0) is 17.7 Å². The third-order valence-electron chi connectivity index (χ3n) is 4.93. The van der Waals surface area contributed by atoms with Crippen LogP contribution in [0.15, 0.2) is 18.3 Å². The van der Waals surface area contributed by atoms with Crippen molar-refractivity contribution in [3.63, 3.8) is 0 Å². The second-order valence-corrected chi connectivity index (χ2v) is 7.15. The molecule has 2 aliphatic rings. The highest BCUT2D eigenvalue weighted by molar-refractivity contribution is 5.89. The van der Waals surface area contributed by atoms with Crippen molar-refractivity contribution in [2.24, 2.45) is 0 Å². The van der Waals surface area contributed by atoms with Crippen LogP contribution in [0, 0.1) is 0 Å². The smallest absolute Gasteiger partial charge is 0.355 e. The van der Waals surface area contributed by atoms with E-state index in [2.05, 4.69) is 10.3 Å². The van der Waals surface area contributed by atoms with Crippen molar-refractivity contribution in [1.82, 2.24) is 14.5 Å². The Morgan fingerprint density at radius 1 is 1.32 bits per heavy atom. The molecule has 1 N–H and O–H groups in total. The lowest BCUT2D eigenvalue weighted by atomic mass is 10.1. The number of nitrogens with one attached hydrogen (secondary N) is 1. The van der Waals surface area contributed by atoms with Crippen molar-refractivity contribution in [1.29, 1.82) is 0 Å². The van der Waals surface area contributed by atoms with Gasteiger partial charge < -0.3 is 14.6 Å². The molecule has 1 aliphatic carbocycles. The molecule has 4 rings (SSSR count). The SMILES string of the molecule is CC(C)OC(=O)c1ccc2n1CCc1cnc(NC3CCCC3)nc1-2. The van der Waals surface area contributed by atoms with Gasteiger partial charge in [-0.2, -0.15) is 0 Å². The lowest BCUT2D eigenvalue weighted by Crippen LogP contribution is -2.21. The van der Waals surface area contributed by atoms with Gasteiger partial charge in [-0.25, -0.2) is 14.8 Å². The maximum absolute atomic E-state index is 12.3. The van der Waals surface area contributed by atoms with E-state index in [1.165, 1.54) is 25.7 Å². The van der Waals surface area contributed by atoms with E-state index in [1.54, 1.807) is 0 Å². The van der Waals surface area contributed by atoms with Crippen molar-refractivity contribution in [2.75, 3.05) is 5.32 Å². The average molecular weight is 340 g/mol. The summed E-state index contributed by atoms with van der Waals surface area (Å²) in [6, 6.07) is 4.27. The molecule has 25 heavy (non-hydrogen) atoms. The molecular weight excluding hydrogens is 316 g/mol. The van der Waals surface area contributed by atoms with Crippen molar-refractivity contribution in [2.45, 2.75) is 64.6 Å². The number of ether oxygens (including phenoxy) is 1. The molecule has 1 aliphatic heterocycles. The van der Waals surface area contributed by atoms with Gasteiger partial charge in [0.25, 0.3) is 0 Å². The summed E-state index contributed by atoms with van der Waals surface area (Å²) in [7, 11) is 0. The summed E-state index contributed by atoms with van der Waals surface area (Å²) < 4.78 is 7.37. The van der Waals surface area contributed by atoms with Crippen molar-refractivity contribution >= 4 is 11.9 Å². The lowest BCUT2D eigenvalue weighted by molar-refractivity contribution is 0.0365. The molecule has 6 heteroatoms. The molecule has 0 aromatic carbocycles. The first-order valence-corrected chi connectivity index (χ1v) is 9.15. The molecule has 2 aromatic heterocycles. The van der Waals surface area contributed by atoms with Gasteiger partial charge in [0.05, 0.1) is 17.5 Å². The number of anilines is 1. The Morgan fingerprint density at radius 2 is 2.12 bits per heavy atom. The topological polar surface area (TPSA) is 69.0 Å². The van der Waals surface area contributed by atoms with Crippen LogP contribution in [0.2, 0.25) is 0 Å². The number of carbonyl (C=O) groups excluding carboxylic acids is 1. The number of aryl methyl sites for hydroxylation is 1. The van der Waals surface area contributed by atoms with E-state index in [1.807, 2.05) is 36.7 Å². The van der Waals surface area contributed by atoms with E-state index >= 15 is 0 Å². The van der Waals surface area contributed by atoms with Gasteiger partial charge in [-0.05, 0) is 45.2 Å². The number of esters is 1. The predicted molar refractivity (Wildman–Crippen MR) is 95.6 cm³/mol. The number of hydrogen-bond donors (Lipinski definition) is 1. The second kappa shape index (κ2) is 6.50. The highest BCUT2D eigenvalue weighted by Gasteiger charge is 2.25. The summed E-state index contributed by atoms with van der Waals surface area (Å²) in [5.41, 5.74) is 3.61. The third-order valence-corrected chi connectivity index (χ3v) is 4.93. The number of aromatic nitrogens is 3. The molecule has 2 aromatic rings. The van der Waals surface area contributed by atoms with E-state index in [0.717, 1.165) is 29.9 Å². The molecule has 0 radical (unpaired) electrons. The summed E-state index contributed by atoms with van der Waals surface area (Å²) in [6.07, 6.45) is 7.52. The normalized spacial score (nSPS) is 16.6. The van der Waals surface area contributed by atoms with Crippen LogP contribution in [0.1, 0.15) is 55.6 Å². The first-order valence-electron chi connectivity index (χ1n) is 9.15. The van der Waals surface area contributed by atoms with E-state index in [9.17, 15) is 4.79 Å². The van der Waals surface area contributed by atoms with Crippen molar-refractivity contribution < 1.29 is 9.53 Å². The molecular formula is C19H24N4O2. The Bertz CT molecular complexity index is 791. The minimum atomic E-state index is -0.275. The average Bonchev–Trinajstić information content (AvgIpc) is 3.23. The summed E-state index contributed by atoms with van der Waals surface area (Å²) in [5.74, 6) is 0.412. The molecule has 132 valence electrons. The molecule has 0 atom stereocenters. The molecule has 0 unspecified atom stereocenters. The van der Waals surface area contributed by atoms with Gasteiger partial charge in [0.2, 0.25) is 5.95 Å². The van der Waals surface area contributed by atoms with Crippen molar-refractivity contribution in [3.05, 3.63) is 29.6 Å². The summed E-state index contributed by atoms with van der Waals surface area (Å²) >= 11 is 0. The van der Waals surface area contributed by atoms with Gasteiger partial charge in [-0.1, -0.05) is 12.8 Å². The van der Waals surface area contributed by atoms with Crippen LogP contribution in [0.25, 0.3) is 11.4 Å². The fourth-order valence-corrected chi connectivity index (χ4v) is 3.73. The van der Waals surface area contributed by atoms with Crippen LogP contribution in [0.3, 0.4) is 0 Å². The maximum atomic E-state index is 12.3. The first-order chi connectivity index (χ1) is 12.1. The Hall–Kier alpha value is -2.37. The standard InChI is InChI=1S/C19H24N4O2/c1-12(2)25-18(24)16-8-7-15-17-13(9-10-23(15)16)11-20-19(22-17)21-14-5-3-4-6-14/h7-8,11-12,14H,3-6,9-10H2,1-2H3,(H,20,21,22). The zero-order valence-electron chi connectivity index (χ0n) is 14.8. The number of nitrogens with zero attached hydrogens (tertiary/aromatic N) is 3. The quantitative estimate of drug-likeness (QED) is 0.864. The Morgan fingerprint density at radius 3 is 2.88 bits per heavy atom. The van der Waals surface area contributed by atoms with E-state index in [4.69, 9.17) is 9.72 Å². The van der Waals surface area contributed by atoms with Gasteiger partial charge in [0.15, 0.2) is 0 Å². The Kier molecular flexibility index (Phi) is 4.19. The highest BCUT2D eigenvalue weighted by Crippen LogP contribution is 2.31. The summed E-state index contributed by atoms with van der Waals surface area (Å²) in [5, 5.41) is 3.45. The molecule has 6 nitrogen and oxygen atoms in total. The third kappa shape index (κ3) is 3.13. The number of hydrogen-bond acceptors (Lipinski definition) is 5. The molecule has 1 saturated carbocycles. The largest absolute Gasteiger partial charge is 0.458 e. The molecule has 0 amide bonds. The van der Waals surface area contributed by atoms with E-state index in [0.29, 0.717) is 17.7 Å². The Labute approximate surface area is 147 Å². The first kappa shape index (κ1) is 16.1. The number of carbonyl (C=O) groups is 1. The minimum absolute atomic E-state index is 0.126. The van der Waals surface area contributed by atoms with Gasteiger partial charge in [0, 0.05) is 24.3 Å². The summed E-state index contributed by atoms with van der Waals surface area (Å²) in [4.78, 5) is 21.6. The Balaban J connectivity index is 1.63. The maximum Gasteiger partial charge on any atom is 0.355 e. The van der Waals surface area contributed by atoms with E-state index in [-0.39, 0.29) is 12.1 Å². The van der Waals surface area contributed by atoms with Gasteiger partial charge >= 0.3 is 5.97 Å². The fourth-order valence-electron chi connectivity index (χ4n) is 3.73.